The number of aliphatic hydroxyl groups is 2. The minimum absolute atomic E-state index is 0.190. The third-order valence-corrected chi connectivity index (χ3v) is 4.92. The van der Waals surface area contributed by atoms with E-state index in [0.29, 0.717) is 19.4 Å². The molecule has 0 radical (unpaired) electrons. The highest BCUT2D eigenvalue weighted by Crippen LogP contribution is 2.33. The molecule has 0 bridgehead atoms. The highest BCUT2D eigenvalue weighted by molar-refractivity contribution is 9.10. The summed E-state index contributed by atoms with van der Waals surface area (Å²) >= 11 is 3.45. The van der Waals surface area contributed by atoms with E-state index >= 15 is 0 Å². The topological polar surface area (TPSA) is 52.5 Å². The molecule has 0 amide bonds. The summed E-state index contributed by atoms with van der Waals surface area (Å²) in [4.78, 5) is 0. The van der Waals surface area contributed by atoms with Gasteiger partial charge >= 0.3 is 0 Å². The standard InChI is InChI=1S/C21H28BrNO2/c1-16(17-9-11-19(22)12-10-17)23-14-13-21(25,15-20(2,3)24)18-7-5-4-6-8-18/h4-12,16,23-25H,13-15H2,1-3H3/t16-,21-/m0/s1. The van der Waals surface area contributed by atoms with Gasteiger partial charge in [-0.05, 0) is 57.0 Å². The van der Waals surface area contributed by atoms with Crippen molar-refractivity contribution in [2.24, 2.45) is 0 Å². The molecule has 136 valence electrons. The average molecular weight is 406 g/mol. The first-order valence-corrected chi connectivity index (χ1v) is 9.48. The van der Waals surface area contributed by atoms with Gasteiger partial charge in [-0.1, -0.05) is 58.4 Å². The van der Waals surface area contributed by atoms with E-state index in [0.717, 1.165) is 10.0 Å². The number of benzene rings is 2. The first-order chi connectivity index (χ1) is 11.7. The normalized spacial score (nSPS) is 15.6. The molecule has 0 aliphatic rings. The van der Waals surface area contributed by atoms with Crippen molar-refractivity contribution in [3.63, 3.8) is 0 Å². The molecule has 0 aliphatic heterocycles. The Kier molecular flexibility index (Phi) is 6.80. The van der Waals surface area contributed by atoms with E-state index in [1.165, 1.54) is 5.56 Å². The Balaban J connectivity index is 2.03. The predicted octanol–water partition coefficient (Wildman–Crippen LogP) is 4.54. The van der Waals surface area contributed by atoms with Crippen LogP contribution >= 0.6 is 15.9 Å². The van der Waals surface area contributed by atoms with E-state index in [1.54, 1.807) is 13.8 Å². The van der Waals surface area contributed by atoms with Gasteiger partial charge < -0.3 is 15.5 Å². The molecule has 0 heterocycles. The summed E-state index contributed by atoms with van der Waals surface area (Å²) in [6.45, 7) is 6.23. The lowest BCUT2D eigenvalue weighted by Gasteiger charge is -2.34. The maximum Gasteiger partial charge on any atom is 0.0935 e. The first-order valence-electron chi connectivity index (χ1n) is 8.69. The summed E-state index contributed by atoms with van der Waals surface area (Å²) in [6, 6.07) is 18.0. The van der Waals surface area contributed by atoms with Gasteiger partial charge in [-0.2, -0.15) is 0 Å². The van der Waals surface area contributed by atoms with Crippen LogP contribution in [0.5, 0.6) is 0 Å². The Morgan fingerprint density at radius 1 is 1.00 bits per heavy atom. The van der Waals surface area contributed by atoms with Crippen molar-refractivity contribution in [3.8, 4) is 0 Å². The van der Waals surface area contributed by atoms with Gasteiger partial charge in [0.2, 0.25) is 0 Å². The maximum atomic E-state index is 11.2. The molecule has 0 unspecified atom stereocenters. The lowest BCUT2D eigenvalue weighted by atomic mass is 9.81. The van der Waals surface area contributed by atoms with Crippen molar-refractivity contribution in [2.75, 3.05) is 6.54 Å². The number of rotatable bonds is 8. The molecule has 2 aromatic rings. The summed E-state index contributed by atoms with van der Waals surface area (Å²) in [6.07, 6.45) is 0.820. The van der Waals surface area contributed by atoms with E-state index in [2.05, 4.69) is 40.3 Å². The van der Waals surface area contributed by atoms with Gasteiger partial charge in [0.1, 0.15) is 0 Å². The van der Waals surface area contributed by atoms with Crippen LogP contribution in [0.4, 0.5) is 0 Å². The monoisotopic (exact) mass is 405 g/mol. The van der Waals surface area contributed by atoms with Gasteiger partial charge in [0.15, 0.2) is 0 Å². The minimum Gasteiger partial charge on any atom is -0.390 e. The molecule has 2 atom stereocenters. The van der Waals surface area contributed by atoms with Gasteiger partial charge in [0, 0.05) is 16.9 Å². The quantitative estimate of drug-likeness (QED) is 0.604. The Morgan fingerprint density at radius 3 is 2.16 bits per heavy atom. The molecule has 0 fully saturated rings. The lowest BCUT2D eigenvalue weighted by molar-refractivity contribution is -0.0555. The molecule has 3 nitrogen and oxygen atoms in total. The molecule has 0 saturated heterocycles. The molecule has 3 N–H and O–H groups in total. The molecule has 0 saturated carbocycles. The van der Waals surface area contributed by atoms with Crippen LogP contribution < -0.4 is 5.32 Å². The number of hydrogen-bond acceptors (Lipinski definition) is 3. The Hall–Kier alpha value is -1.20. The van der Waals surface area contributed by atoms with Crippen LogP contribution in [0.1, 0.15) is 50.8 Å². The minimum atomic E-state index is -1.06. The molecule has 4 heteroatoms. The summed E-state index contributed by atoms with van der Waals surface area (Å²) in [7, 11) is 0. The van der Waals surface area contributed by atoms with Crippen LogP contribution in [-0.2, 0) is 5.60 Å². The van der Waals surface area contributed by atoms with E-state index in [4.69, 9.17) is 0 Å². The number of nitrogens with one attached hydrogen (secondary N) is 1. The SMILES string of the molecule is C[C@H](NCC[C@](O)(CC(C)(C)O)c1ccccc1)c1ccc(Br)cc1. The molecule has 0 aliphatic carbocycles. The van der Waals surface area contributed by atoms with Gasteiger partial charge in [-0.15, -0.1) is 0 Å². The van der Waals surface area contributed by atoms with Crippen molar-refractivity contribution in [3.05, 3.63) is 70.2 Å². The Morgan fingerprint density at radius 2 is 1.60 bits per heavy atom. The predicted molar refractivity (Wildman–Crippen MR) is 106 cm³/mol. The molecular weight excluding hydrogens is 378 g/mol. The van der Waals surface area contributed by atoms with Gasteiger partial charge in [0.05, 0.1) is 11.2 Å². The zero-order valence-electron chi connectivity index (χ0n) is 15.2. The van der Waals surface area contributed by atoms with E-state index in [1.807, 2.05) is 42.5 Å². The highest BCUT2D eigenvalue weighted by atomic mass is 79.9. The van der Waals surface area contributed by atoms with Gasteiger partial charge in [0.25, 0.3) is 0 Å². The van der Waals surface area contributed by atoms with Crippen molar-refractivity contribution in [2.45, 2.75) is 50.9 Å². The first kappa shape index (κ1) is 20.1. The van der Waals surface area contributed by atoms with Crippen molar-refractivity contribution >= 4 is 15.9 Å². The van der Waals surface area contributed by atoms with Crippen LogP contribution in [0.2, 0.25) is 0 Å². The summed E-state index contributed by atoms with van der Waals surface area (Å²) in [5, 5.41) is 24.9. The van der Waals surface area contributed by atoms with E-state index in [9.17, 15) is 10.2 Å². The summed E-state index contributed by atoms with van der Waals surface area (Å²) in [5.74, 6) is 0. The van der Waals surface area contributed by atoms with Crippen LogP contribution in [0.25, 0.3) is 0 Å². The highest BCUT2D eigenvalue weighted by Gasteiger charge is 2.34. The van der Waals surface area contributed by atoms with Crippen LogP contribution in [0.15, 0.2) is 59.1 Å². The zero-order valence-corrected chi connectivity index (χ0v) is 16.8. The Bertz CT molecular complexity index is 652. The third kappa shape index (κ3) is 6.23. The zero-order chi connectivity index (χ0) is 18.5. The van der Waals surface area contributed by atoms with Gasteiger partial charge in [-0.25, -0.2) is 0 Å². The second-order valence-electron chi connectivity index (χ2n) is 7.36. The smallest absolute Gasteiger partial charge is 0.0935 e. The second-order valence-corrected chi connectivity index (χ2v) is 8.28. The fourth-order valence-electron chi connectivity index (χ4n) is 3.16. The van der Waals surface area contributed by atoms with E-state index < -0.39 is 11.2 Å². The molecular formula is C21H28BrNO2. The van der Waals surface area contributed by atoms with Crippen LogP contribution in [-0.4, -0.2) is 22.4 Å². The molecule has 0 aromatic heterocycles. The maximum absolute atomic E-state index is 11.2. The molecule has 2 aromatic carbocycles. The summed E-state index contributed by atoms with van der Waals surface area (Å²) < 4.78 is 1.06. The average Bonchev–Trinajstić information content (AvgIpc) is 2.54. The Labute approximate surface area is 159 Å². The second kappa shape index (κ2) is 8.45. The lowest BCUT2D eigenvalue weighted by Crippen LogP contribution is -2.38. The fraction of sp³-hybridized carbons (Fsp3) is 0.429. The molecule has 25 heavy (non-hydrogen) atoms. The summed E-state index contributed by atoms with van der Waals surface area (Å²) in [5.41, 5.74) is 0.0394. The van der Waals surface area contributed by atoms with Crippen LogP contribution in [0.3, 0.4) is 0 Å². The van der Waals surface area contributed by atoms with E-state index in [-0.39, 0.29) is 6.04 Å². The van der Waals surface area contributed by atoms with Crippen molar-refractivity contribution in [1.29, 1.82) is 0 Å². The van der Waals surface area contributed by atoms with Crippen LogP contribution in [0, 0.1) is 0 Å². The van der Waals surface area contributed by atoms with Crippen molar-refractivity contribution in [1.82, 2.24) is 5.32 Å². The fourth-order valence-corrected chi connectivity index (χ4v) is 3.43. The molecule has 2 rings (SSSR count). The molecule has 0 spiro atoms. The number of hydrogen-bond donors (Lipinski definition) is 3. The largest absolute Gasteiger partial charge is 0.390 e. The number of halogens is 1. The van der Waals surface area contributed by atoms with Crippen molar-refractivity contribution < 1.29 is 10.2 Å². The third-order valence-electron chi connectivity index (χ3n) is 4.40. The van der Waals surface area contributed by atoms with Gasteiger partial charge in [-0.3, -0.25) is 0 Å².